The van der Waals surface area contributed by atoms with Gasteiger partial charge in [0.1, 0.15) is 17.7 Å². The van der Waals surface area contributed by atoms with E-state index in [1.54, 1.807) is 24.5 Å². The van der Waals surface area contributed by atoms with Crippen molar-refractivity contribution in [1.82, 2.24) is 20.2 Å². The molecule has 2 aromatic rings. The van der Waals surface area contributed by atoms with Gasteiger partial charge in [0, 0.05) is 50.4 Å². The van der Waals surface area contributed by atoms with Gasteiger partial charge in [0.15, 0.2) is 0 Å². The van der Waals surface area contributed by atoms with Crippen LogP contribution in [0.3, 0.4) is 0 Å². The summed E-state index contributed by atoms with van der Waals surface area (Å²) in [7, 11) is 0. The van der Waals surface area contributed by atoms with Crippen molar-refractivity contribution in [2.24, 2.45) is 0 Å². The highest BCUT2D eigenvalue weighted by atomic mass is 35.5. The first-order valence-corrected chi connectivity index (χ1v) is 9.89. The number of hydrogen-bond acceptors (Lipinski definition) is 5. The molecule has 2 aliphatic heterocycles. The number of pyridine rings is 2. The van der Waals surface area contributed by atoms with E-state index in [4.69, 9.17) is 16.3 Å². The van der Waals surface area contributed by atoms with Crippen LogP contribution in [-0.4, -0.2) is 52.9 Å². The third kappa shape index (κ3) is 4.48. The van der Waals surface area contributed by atoms with Gasteiger partial charge in [-0.25, -0.2) is 18.7 Å². The van der Waals surface area contributed by atoms with Crippen LogP contribution in [0.5, 0.6) is 5.88 Å². The maximum Gasteiger partial charge on any atom is 0.250 e. The lowest BCUT2D eigenvalue weighted by Crippen LogP contribution is -2.45. The number of likely N-dealkylation sites (tertiary alicyclic amines) is 1. The number of hydrogen-bond donors (Lipinski definition) is 1. The molecule has 2 aliphatic rings. The van der Waals surface area contributed by atoms with Gasteiger partial charge in [-0.3, -0.25) is 9.69 Å². The summed E-state index contributed by atoms with van der Waals surface area (Å²) in [5.74, 6) is -2.77. The standard InChI is InChI=1S/C20H21ClF2N4O2/c21-17-4-3-13(10-25-17)16(27-8-5-20(22,23)6-9-27)11-26-18(28)15-12-29-19-14(15)2-1-7-24-19/h1-4,7,10,15-16H,5-6,8-9,11-12H2,(H,26,28)/t15-,16-/m1/s1. The highest BCUT2D eigenvalue weighted by Crippen LogP contribution is 2.34. The van der Waals surface area contributed by atoms with Crippen molar-refractivity contribution in [2.45, 2.75) is 30.7 Å². The van der Waals surface area contributed by atoms with Crippen molar-refractivity contribution in [1.29, 1.82) is 0 Å². The van der Waals surface area contributed by atoms with Crippen molar-refractivity contribution >= 4 is 17.5 Å². The zero-order valence-corrected chi connectivity index (χ0v) is 16.4. The van der Waals surface area contributed by atoms with Gasteiger partial charge in [-0.15, -0.1) is 0 Å². The van der Waals surface area contributed by atoms with Gasteiger partial charge >= 0.3 is 0 Å². The predicted molar refractivity (Wildman–Crippen MR) is 103 cm³/mol. The van der Waals surface area contributed by atoms with Crippen molar-refractivity contribution in [3.8, 4) is 5.88 Å². The maximum absolute atomic E-state index is 13.6. The van der Waals surface area contributed by atoms with E-state index in [1.165, 1.54) is 0 Å². The van der Waals surface area contributed by atoms with Crippen LogP contribution in [0.4, 0.5) is 8.78 Å². The van der Waals surface area contributed by atoms with Crippen LogP contribution in [0.1, 0.15) is 35.9 Å². The molecule has 0 bridgehead atoms. The predicted octanol–water partition coefficient (Wildman–Crippen LogP) is 3.19. The monoisotopic (exact) mass is 422 g/mol. The normalized spacial score (nSPS) is 21.8. The zero-order valence-electron chi connectivity index (χ0n) is 15.7. The molecule has 4 rings (SSSR count). The molecule has 0 unspecified atom stereocenters. The van der Waals surface area contributed by atoms with E-state index in [0.29, 0.717) is 11.0 Å². The molecule has 1 N–H and O–H groups in total. The summed E-state index contributed by atoms with van der Waals surface area (Å²) in [5, 5.41) is 3.32. The summed E-state index contributed by atoms with van der Waals surface area (Å²) in [6.45, 7) is 1.01. The summed E-state index contributed by atoms with van der Waals surface area (Å²) < 4.78 is 32.7. The first kappa shape index (κ1) is 20.0. The molecule has 0 radical (unpaired) electrons. The Morgan fingerprint density at radius 2 is 2.10 bits per heavy atom. The van der Waals surface area contributed by atoms with Gasteiger partial charge in [-0.05, 0) is 17.7 Å². The smallest absolute Gasteiger partial charge is 0.250 e. The van der Waals surface area contributed by atoms with Gasteiger partial charge < -0.3 is 10.1 Å². The number of carbonyl (C=O) groups excluding carboxylic acids is 1. The van der Waals surface area contributed by atoms with Crippen LogP contribution in [-0.2, 0) is 4.79 Å². The number of nitrogens with zero attached hydrogens (tertiary/aromatic N) is 3. The number of carbonyl (C=O) groups is 1. The van der Waals surface area contributed by atoms with E-state index in [9.17, 15) is 13.6 Å². The molecule has 2 atom stereocenters. The van der Waals surface area contributed by atoms with E-state index in [0.717, 1.165) is 11.1 Å². The van der Waals surface area contributed by atoms with E-state index >= 15 is 0 Å². The largest absolute Gasteiger partial charge is 0.476 e. The van der Waals surface area contributed by atoms with Crippen LogP contribution < -0.4 is 10.1 Å². The number of amides is 1. The average molecular weight is 423 g/mol. The molecule has 29 heavy (non-hydrogen) atoms. The zero-order chi connectivity index (χ0) is 20.4. The van der Waals surface area contributed by atoms with Crippen LogP contribution >= 0.6 is 11.6 Å². The van der Waals surface area contributed by atoms with Crippen molar-refractivity contribution in [3.05, 3.63) is 52.9 Å². The molecule has 0 aliphatic carbocycles. The molecule has 0 aromatic carbocycles. The molecule has 6 nitrogen and oxygen atoms in total. The number of halogens is 3. The fraction of sp³-hybridized carbons (Fsp3) is 0.450. The number of ether oxygens (including phenoxy) is 1. The van der Waals surface area contributed by atoms with E-state index in [-0.39, 0.29) is 51.0 Å². The molecule has 154 valence electrons. The molecule has 0 saturated carbocycles. The summed E-state index contributed by atoms with van der Waals surface area (Å²) >= 11 is 5.89. The number of fused-ring (bicyclic) bond motifs is 1. The lowest BCUT2D eigenvalue weighted by molar-refractivity contribution is -0.123. The molecule has 2 aromatic heterocycles. The quantitative estimate of drug-likeness (QED) is 0.749. The molecular formula is C20H21ClF2N4O2. The highest BCUT2D eigenvalue weighted by Gasteiger charge is 2.37. The Morgan fingerprint density at radius 1 is 1.31 bits per heavy atom. The van der Waals surface area contributed by atoms with Crippen molar-refractivity contribution in [2.75, 3.05) is 26.2 Å². The summed E-state index contributed by atoms with van der Waals surface area (Å²) in [4.78, 5) is 23.0. The van der Waals surface area contributed by atoms with Crippen LogP contribution in [0, 0.1) is 0 Å². The minimum absolute atomic E-state index is 0.175. The van der Waals surface area contributed by atoms with Gasteiger partial charge in [0.05, 0.1) is 6.04 Å². The Morgan fingerprint density at radius 3 is 2.83 bits per heavy atom. The summed E-state index contributed by atoms with van der Waals surface area (Å²) in [5.41, 5.74) is 1.58. The lowest BCUT2D eigenvalue weighted by Gasteiger charge is -2.37. The Balaban J connectivity index is 1.47. The number of piperidine rings is 1. The average Bonchev–Trinajstić information content (AvgIpc) is 3.14. The molecule has 1 saturated heterocycles. The Hall–Kier alpha value is -2.32. The van der Waals surface area contributed by atoms with Gasteiger partial charge in [-0.2, -0.15) is 0 Å². The number of alkyl halides is 2. The highest BCUT2D eigenvalue weighted by molar-refractivity contribution is 6.29. The third-order valence-electron chi connectivity index (χ3n) is 5.45. The lowest BCUT2D eigenvalue weighted by atomic mass is 9.99. The second-order valence-electron chi connectivity index (χ2n) is 7.33. The Labute approximate surface area is 172 Å². The minimum Gasteiger partial charge on any atom is -0.476 e. The van der Waals surface area contributed by atoms with Crippen molar-refractivity contribution < 1.29 is 18.3 Å². The van der Waals surface area contributed by atoms with Crippen LogP contribution in [0.25, 0.3) is 0 Å². The first-order chi connectivity index (χ1) is 13.9. The van der Waals surface area contributed by atoms with E-state index in [2.05, 4.69) is 15.3 Å². The maximum atomic E-state index is 13.6. The third-order valence-corrected chi connectivity index (χ3v) is 5.68. The van der Waals surface area contributed by atoms with Crippen molar-refractivity contribution in [3.63, 3.8) is 0 Å². The fourth-order valence-corrected chi connectivity index (χ4v) is 3.90. The molecule has 4 heterocycles. The topological polar surface area (TPSA) is 67.4 Å². The first-order valence-electron chi connectivity index (χ1n) is 9.52. The molecular weight excluding hydrogens is 402 g/mol. The Bertz CT molecular complexity index is 871. The van der Waals surface area contributed by atoms with Crippen LogP contribution in [0.2, 0.25) is 5.15 Å². The second kappa shape index (κ2) is 8.20. The molecule has 1 fully saturated rings. The number of rotatable bonds is 5. The summed E-state index contributed by atoms with van der Waals surface area (Å²) in [6.07, 6.45) is 2.85. The second-order valence-corrected chi connectivity index (χ2v) is 7.72. The number of aromatic nitrogens is 2. The molecule has 0 spiro atoms. The fourth-order valence-electron chi connectivity index (χ4n) is 3.78. The minimum atomic E-state index is -2.64. The van der Waals surface area contributed by atoms with Crippen LogP contribution in [0.15, 0.2) is 36.7 Å². The SMILES string of the molecule is O=C(NC[C@H](c1ccc(Cl)nc1)N1CCC(F)(F)CC1)[C@@H]1COc2ncccc21. The van der Waals surface area contributed by atoms with Gasteiger partial charge in [0.25, 0.3) is 5.92 Å². The molecule has 1 amide bonds. The Kier molecular flexibility index (Phi) is 5.65. The van der Waals surface area contributed by atoms with Gasteiger partial charge in [-0.1, -0.05) is 23.7 Å². The van der Waals surface area contributed by atoms with Gasteiger partial charge in [0.2, 0.25) is 11.8 Å². The van der Waals surface area contributed by atoms with E-state index in [1.807, 2.05) is 17.0 Å². The summed E-state index contributed by atoms with van der Waals surface area (Å²) in [6, 6.07) is 6.81. The van der Waals surface area contributed by atoms with E-state index < -0.39 is 11.8 Å². The number of nitrogens with one attached hydrogen (secondary N) is 1. The molecule has 9 heteroatoms.